The SMILES string of the molecule is Cc1nc2cc(CNC(CO)CCO)ccc2n1C. The second-order valence-corrected chi connectivity index (χ2v) is 4.81. The zero-order valence-electron chi connectivity index (χ0n) is 11.4. The van der Waals surface area contributed by atoms with E-state index in [1.165, 1.54) is 0 Å². The average molecular weight is 263 g/mol. The lowest BCUT2D eigenvalue weighted by atomic mass is 10.1. The number of imidazole rings is 1. The number of aliphatic hydroxyl groups excluding tert-OH is 2. The summed E-state index contributed by atoms with van der Waals surface area (Å²) >= 11 is 0. The standard InChI is InChI=1S/C14H21N3O2/c1-10-16-13-7-11(3-4-14(13)17(10)2)8-15-12(9-19)5-6-18/h3-4,7,12,15,18-19H,5-6,8-9H2,1-2H3. The molecule has 0 fully saturated rings. The molecule has 1 heterocycles. The van der Waals surface area contributed by atoms with Crippen molar-refractivity contribution in [2.45, 2.75) is 25.9 Å². The van der Waals surface area contributed by atoms with Gasteiger partial charge < -0.3 is 20.1 Å². The number of benzene rings is 1. The number of aliphatic hydroxyl groups is 2. The van der Waals surface area contributed by atoms with Gasteiger partial charge in [-0.1, -0.05) is 6.07 Å². The van der Waals surface area contributed by atoms with Crippen molar-refractivity contribution in [1.29, 1.82) is 0 Å². The molecule has 2 rings (SSSR count). The van der Waals surface area contributed by atoms with E-state index in [0.29, 0.717) is 13.0 Å². The third-order valence-corrected chi connectivity index (χ3v) is 3.46. The molecule has 19 heavy (non-hydrogen) atoms. The van der Waals surface area contributed by atoms with Gasteiger partial charge in [-0.3, -0.25) is 0 Å². The van der Waals surface area contributed by atoms with Crippen molar-refractivity contribution in [3.63, 3.8) is 0 Å². The second-order valence-electron chi connectivity index (χ2n) is 4.81. The van der Waals surface area contributed by atoms with Crippen LogP contribution >= 0.6 is 0 Å². The first kappa shape index (κ1) is 14.0. The molecule has 1 aromatic carbocycles. The van der Waals surface area contributed by atoms with E-state index in [-0.39, 0.29) is 19.3 Å². The Balaban J connectivity index is 2.09. The van der Waals surface area contributed by atoms with Crippen molar-refractivity contribution >= 4 is 11.0 Å². The molecular formula is C14H21N3O2. The van der Waals surface area contributed by atoms with E-state index in [0.717, 1.165) is 22.4 Å². The van der Waals surface area contributed by atoms with Crippen molar-refractivity contribution in [1.82, 2.24) is 14.9 Å². The van der Waals surface area contributed by atoms with E-state index >= 15 is 0 Å². The number of aryl methyl sites for hydroxylation is 2. The number of fused-ring (bicyclic) bond motifs is 1. The summed E-state index contributed by atoms with van der Waals surface area (Å²) in [5.41, 5.74) is 3.24. The van der Waals surface area contributed by atoms with Crippen LogP contribution in [-0.2, 0) is 13.6 Å². The van der Waals surface area contributed by atoms with Crippen molar-refractivity contribution in [3.05, 3.63) is 29.6 Å². The number of nitrogens with one attached hydrogen (secondary N) is 1. The van der Waals surface area contributed by atoms with Gasteiger partial charge in [0.1, 0.15) is 5.82 Å². The number of aromatic nitrogens is 2. The van der Waals surface area contributed by atoms with Crippen molar-refractivity contribution in [3.8, 4) is 0 Å². The highest BCUT2D eigenvalue weighted by molar-refractivity contribution is 5.76. The van der Waals surface area contributed by atoms with Gasteiger partial charge in [0.05, 0.1) is 17.6 Å². The molecule has 0 amide bonds. The first-order valence-corrected chi connectivity index (χ1v) is 6.52. The van der Waals surface area contributed by atoms with Crippen LogP contribution in [0.3, 0.4) is 0 Å². The first-order valence-electron chi connectivity index (χ1n) is 6.52. The Labute approximate surface area is 112 Å². The lowest BCUT2D eigenvalue weighted by Gasteiger charge is -2.14. The van der Waals surface area contributed by atoms with Crippen molar-refractivity contribution in [2.24, 2.45) is 7.05 Å². The predicted molar refractivity (Wildman–Crippen MR) is 74.9 cm³/mol. The molecule has 0 saturated carbocycles. The summed E-state index contributed by atoms with van der Waals surface area (Å²) in [6.07, 6.45) is 0.557. The highest BCUT2D eigenvalue weighted by atomic mass is 16.3. The van der Waals surface area contributed by atoms with Crippen LogP contribution in [0.15, 0.2) is 18.2 Å². The first-order chi connectivity index (χ1) is 9.15. The minimum absolute atomic E-state index is 0.0332. The Morgan fingerprint density at radius 3 is 2.84 bits per heavy atom. The molecule has 0 aliphatic carbocycles. The van der Waals surface area contributed by atoms with Crippen LogP contribution in [0, 0.1) is 6.92 Å². The zero-order chi connectivity index (χ0) is 13.8. The molecule has 1 atom stereocenters. The summed E-state index contributed by atoms with van der Waals surface area (Å²) in [6.45, 7) is 2.76. The fourth-order valence-electron chi connectivity index (χ4n) is 2.15. The van der Waals surface area contributed by atoms with Gasteiger partial charge >= 0.3 is 0 Å². The van der Waals surface area contributed by atoms with E-state index in [4.69, 9.17) is 10.2 Å². The number of rotatable bonds is 6. The molecule has 0 aliphatic heterocycles. The molecule has 0 saturated heterocycles. The van der Waals surface area contributed by atoms with Crippen LogP contribution in [0.25, 0.3) is 11.0 Å². The third kappa shape index (κ3) is 3.12. The maximum Gasteiger partial charge on any atom is 0.106 e. The zero-order valence-corrected chi connectivity index (χ0v) is 11.4. The summed E-state index contributed by atoms with van der Waals surface area (Å²) in [5.74, 6) is 0.994. The molecule has 104 valence electrons. The molecule has 3 N–H and O–H groups in total. The molecule has 1 unspecified atom stereocenters. The summed E-state index contributed by atoms with van der Waals surface area (Å²) in [7, 11) is 2.01. The number of nitrogens with zero attached hydrogens (tertiary/aromatic N) is 2. The van der Waals surface area contributed by atoms with Crippen LogP contribution in [0.4, 0.5) is 0 Å². The topological polar surface area (TPSA) is 70.3 Å². The molecule has 2 aromatic rings. The minimum Gasteiger partial charge on any atom is -0.396 e. The lowest BCUT2D eigenvalue weighted by Crippen LogP contribution is -2.32. The van der Waals surface area contributed by atoms with Crippen LogP contribution in [0.2, 0.25) is 0 Å². The Bertz CT molecular complexity index is 551. The number of hydrogen-bond acceptors (Lipinski definition) is 4. The molecule has 0 bridgehead atoms. The molecule has 5 nitrogen and oxygen atoms in total. The van der Waals surface area contributed by atoms with Gasteiger partial charge in [-0.2, -0.15) is 0 Å². The fourth-order valence-corrected chi connectivity index (χ4v) is 2.15. The predicted octanol–water partition coefficient (Wildman–Crippen LogP) is 0.715. The quantitative estimate of drug-likeness (QED) is 0.718. The maximum atomic E-state index is 9.16. The summed E-state index contributed by atoms with van der Waals surface area (Å²) in [6, 6.07) is 6.12. The van der Waals surface area contributed by atoms with Crippen molar-refractivity contribution < 1.29 is 10.2 Å². The monoisotopic (exact) mass is 263 g/mol. The molecule has 5 heteroatoms. The molecule has 1 aromatic heterocycles. The molecule has 0 aliphatic rings. The van der Waals surface area contributed by atoms with E-state index in [1.54, 1.807) is 0 Å². The van der Waals surface area contributed by atoms with Gasteiger partial charge in [0, 0.05) is 26.2 Å². The van der Waals surface area contributed by atoms with Crippen LogP contribution < -0.4 is 5.32 Å². The average Bonchev–Trinajstić information content (AvgIpc) is 2.69. The lowest BCUT2D eigenvalue weighted by molar-refractivity contribution is 0.200. The third-order valence-electron chi connectivity index (χ3n) is 3.46. The van der Waals surface area contributed by atoms with Gasteiger partial charge in [0.15, 0.2) is 0 Å². The summed E-state index contributed by atoms with van der Waals surface area (Å²) in [5, 5.41) is 21.3. The fraction of sp³-hybridized carbons (Fsp3) is 0.500. The molecule has 0 spiro atoms. The van der Waals surface area contributed by atoms with E-state index in [1.807, 2.05) is 14.0 Å². The smallest absolute Gasteiger partial charge is 0.106 e. The Morgan fingerprint density at radius 1 is 1.37 bits per heavy atom. The summed E-state index contributed by atoms with van der Waals surface area (Å²) in [4.78, 5) is 4.50. The van der Waals surface area contributed by atoms with Gasteiger partial charge in [-0.05, 0) is 31.0 Å². The van der Waals surface area contributed by atoms with E-state index in [2.05, 4.69) is 33.1 Å². The van der Waals surface area contributed by atoms with Gasteiger partial charge in [-0.15, -0.1) is 0 Å². The highest BCUT2D eigenvalue weighted by Crippen LogP contribution is 2.16. The van der Waals surface area contributed by atoms with Crippen molar-refractivity contribution in [2.75, 3.05) is 13.2 Å². The van der Waals surface area contributed by atoms with Crippen LogP contribution in [0.5, 0.6) is 0 Å². The highest BCUT2D eigenvalue weighted by Gasteiger charge is 2.08. The molecular weight excluding hydrogens is 242 g/mol. The Kier molecular flexibility index (Phi) is 4.52. The second kappa shape index (κ2) is 6.14. The van der Waals surface area contributed by atoms with Crippen LogP contribution in [-0.4, -0.2) is 39.0 Å². The van der Waals surface area contributed by atoms with E-state index < -0.39 is 0 Å². The summed E-state index contributed by atoms with van der Waals surface area (Å²) < 4.78 is 2.06. The number of hydrogen-bond donors (Lipinski definition) is 3. The van der Waals surface area contributed by atoms with E-state index in [9.17, 15) is 0 Å². The minimum atomic E-state index is -0.0637. The molecule has 0 radical (unpaired) electrons. The normalized spacial score (nSPS) is 13.1. The van der Waals surface area contributed by atoms with Gasteiger partial charge in [-0.25, -0.2) is 4.98 Å². The van der Waals surface area contributed by atoms with Gasteiger partial charge in [0.25, 0.3) is 0 Å². The Morgan fingerprint density at radius 2 is 2.16 bits per heavy atom. The van der Waals surface area contributed by atoms with Crippen LogP contribution in [0.1, 0.15) is 17.8 Å². The van der Waals surface area contributed by atoms with Gasteiger partial charge in [0.2, 0.25) is 0 Å². The Hall–Kier alpha value is -1.43. The maximum absolute atomic E-state index is 9.16. The largest absolute Gasteiger partial charge is 0.396 e.